The molecule has 17 heavy (non-hydrogen) atoms. The van der Waals surface area contributed by atoms with Gasteiger partial charge in [-0.3, -0.25) is 0 Å². The van der Waals surface area contributed by atoms with Gasteiger partial charge in [0.15, 0.2) is 0 Å². The lowest BCUT2D eigenvalue weighted by Gasteiger charge is -2.00. The fourth-order valence-corrected chi connectivity index (χ4v) is 1.59. The van der Waals surface area contributed by atoms with E-state index in [2.05, 4.69) is 20.1 Å². The highest BCUT2D eigenvalue weighted by atomic mass is 16.4. The van der Waals surface area contributed by atoms with Gasteiger partial charge in [-0.25, -0.2) is 4.79 Å². The lowest BCUT2D eigenvalue weighted by atomic mass is 10.1. The zero-order valence-electron chi connectivity index (χ0n) is 11.5. The summed E-state index contributed by atoms with van der Waals surface area (Å²) in [5.74, 6) is -0.745. The number of unbranched alkanes of at least 4 members (excludes halogenated alkanes) is 5. The lowest BCUT2D eigenvalue weighted by Crippen LogP contribution is -2.00. The predicted octanol–water partition coefficient (Wildman–Crippen LogP) is 4.96. The second-order valence-corrected chi connectivity index (χ2v) is 3.99. The van der Waals surface area contributed by atoms with Crippen molar-refractivity contribution in [2.24, 2.45) is 0 Å². The van der Waals surface area contributed by atoms with E-state index in [4.69, 9.17) is 5.11 Å². The summed E-state index contributed by atoms with van der Waals surface area (Å²) in [5, 5.41) is 8.88. The summed E-state index contributed by atoms with van der Waals surface area (Å²) >= 11 is 0. The SMILES string of the molecule is C=C.CCCCCCC/C=C(\CCC)C(=O)O. The van der Waals surface area contributed by atoms with E-state index in [0.29, 0.717) is 12.0 Å². The molecule has 100 valence electrons. The monoisotopic (exact) mass is 240 g/mol. The Morgan fingerprint density at radius 1 is 1.06 bits per heavy atom. The molecule has 2 heteroatoms. The molecule has 0 aromatic carbocycles. The van der Waals surface area contributed by atoms with Gasteiger partial charge in [-0.2, -0.15) is 0 Å². The molecule has 0 saturated carbocycles. The maximum absolute atomic E-state index is 10.8. The fourth-order valence-electron chi connectivity index (χ4n) is 1.59. The zero-order valence-corrected chi connectivity index (χ0v) is 11.5. The molecule has 0 aliphatic carbocycles. The average molecular weight is 240 g/mol. The van der Waals surface area contributed by atoms with Crippen molar-refractivity contribution in [1.29, 1.82) is 0 Å². The molecule has 0 fully saturated rings. The van der Waals surface area contributed by atoms with Gasteiger partial charge in [0.05, 0.1) is 0 Å². The molecule has 0 aliphatic rings. The predicted molar refractivity (Wildman–Crippen MR) is 75.3 cm³/mol. The summed E-state index contributed by atoms with van der Waals surface area (Å²) in [4.78, 5) is 10.8. The first kappa shape index (κ1) is 18.3. The van der Waals surface area contributed by atoms with E-state index in [1.807, 2.05) is 13.0 Å². The molecular weight excluding hydrogens is 212 g/mol. The summed E-state index contributed by atoms with van der Waals surface area (Å²) in [7, 11) is 0. The van der Waals surface area contributed by atoms with Crippen molar-refractivity contribution in [3.63, 3.8) is 0 Å². The number of rotatable bonds is 9. The molecule has 2 nitrogen and oxygen atoms in total. The summed E-state index contributed by atoms with van der Waals surface area (Å²) in [6, 6.07) is 0. The Balaban J connectivity index is 0. The molecular formula is C15H28O2. The smallest absolute Gasteiger partial charge is 0.331 e. The summed E-state index contributed by atoms with van der Waals surface area (Å²) < 4.78 is 0. The summed E-state index contributed by atoms with van der Waals surface area (Å²) in [6.07, 6.45) is 10.6. The van der Waals surface area contributed by atoms with Crippen molar-refractivity contribution in [3.05, 3.63) is 24.8 Å². The number of allylic oxidation sites excluding steroid dienone is 1. The zero-order chi connectivity index (χ0) is 13.5. The summed E-state index contributed by atoms with van der Waals surface area (Å²) in [5.41, 5.74) is 0.591. The Hall–Kier alpha value is -1.05. The van der Waals surface area contributed by atoms with Crippen LogP contribution in [0.4, 0.5) is 0 Å². The van der Waals surface area contributed by atoms with Crippen LogP contribution in [-0.2, 0) is 4.79 Å². The lowest BCUT2D eigenvalue weighted by molar-refractivity contribution is -0.132. The Morgan fingerprint density at radius 3 is 2.12 bits per heavy atom. The van der Waals surface area contributed by atoms with E-state index >= 15 is 0 Å². The van der Waals surface area contributed by atoms with Crippen LogP contribution in [-0.4, -0.2) is 11.1 Å². The average Bonchev–Trinajstić information content (AvgIpc) is 2.34. The van der Waals surface area contributed by atoms with Crippen molar-refractivity contribution in [2.75, 3.05) is 0 Å². The molecule has 0 heterocycles. The number of hydrogen-bond acceptors (Lipinski definition) is 1. The standard InChI is InChI=1S/C13H24O2.C2H4/c1-3-5-6-7-8-9-11-12(10-4-2)13(14)15;1-2/h11H,3-10H2,1-2H3,(H,14,15);1-2H2/b12-11+;. The molecule has 0 aromatic heterocycles. The van der Waals surface area contributed by atoms with E-state index < -0.39 is 5.97 Å². The van der Waals surface area contributed by atoms with Crippen LogP contribution in [0.2, 0.25) is 0 Å². The molecule has 0 aromatic rings. The normalized spacial score (nSPS) is 10.6. The van der Waals surface area contributed by atoms with Crippen LogP contribution in [0.25, 0.3) is 0 Å². The first-order valence-electron chi connectivity index (χ1n) is 6.64. The Labute approximate surface area is 106 Å². The van der Waals surface area contributed by atoms with Gasteiger partial charge in [0.25, 0.3) is 0 Å². The van der Waals surface area contributed by atoms with Gasteiger partial charge in [-0.15, -0.1) is 13.2 Å². The molecule has 0 radical (unpaired) electrons. The molecule has 0 spiro atoms. The Bertz CT molecular complexity index is 207. The first-order valence-corrected chi connectivity index (χ1v) is 6.64. The maximum Gasteiger partial charge on any atom is 0.331 e. The maximum atomic E-state index is 10.8. The van der Waals surface area contributed by atoms with Gasteiger partial charge in [-0.1, -0.05) is 52.0 Å². The highest BCUT2D eigenvalue weighted by Crippen LogP contribution is 2.10. The van der Waals surface area contributed by atoms with Crippen LogP contribution >= 0.6 is 0 Å². The number of carboxylic acid groups (broad SMARTS) is 1. The van der Waals surface area contributed by atoms with Crippen LogP contribution in [0.5, 0.6) is 0 Å². The van der Waals surface area contributed by atoms with Crippen LogP contribution in [0.3, 0.4) is 0 Å². The van der Waals surface area contributed by atoms with Crippen LogP contribution in [0.1, 0.15) is 65.2 Å². The minimum Gasteiger partial charge on any atom is -0.478 e. The molecule has 0 rings (SSSR count). The number of aliphatic carboxylic acids is 1. The van der Waals surface area contributed by atoms with Crippen molar-refractivity contribution in [1.82, 2.24) is 0 Å². The third-order valence-corrected chi connectivity index (χ3v) is 2.49. The minimum absolute atomic E-state index is 0.591. The Morgan fingerprint density at radius 2 is 1.65 bits per heavy atom. The summed E-state index contributed by atoms with van der Waals surface area (Å²) in [6.45, 7) is 10.2. The van der Waals surface area contributed by atoms with Crippen LogP contribution in [0.15, 0.2) is 24.8 Å². The quantitative estimate of drug-likeness (QED) is 0.351. The van der Waals surface area contributed by atoms with Crippen molar-refractivity contribution < 1.29 is 9.90 Å². The van der Waals surface area contributed by atoms with Crippen LogP contribution < -0.4 is 0 Å². The molecule has 0 aliphatic heterocycles. The van der Waals surface area contributed by atoms with Crippen molar-refractivity contribution >= 4 is 5.97 Å². The second-order valence-electron chi connectivity index (χ2n) is 3.99. The van der Waals surface area contributed by atoms with Crippen LogP contribution in [0, 0.1) is 0 Å². The first-order chi connectivity index (χ1) is 8.22. The van der Waals surface area contributed by atoms with Crippen molar-refractivity contribution in [2.45, 2.75) is 65.2 Å². The number of hydrogen-bond donors (Lipinski definition) is 1. The topological polar surface area (TPSA) is 37.3 Å². The molecule has 1 N–H and O–H groups in total. The third-order valence-electron chi connectivity index (χ3n) is 2.49. The van der Waals surface area contributed by atoms with Gasteiger partial charge in [0, 0.05) is 5.57 Å². The van der Waals surface area contributed by atoms with E-state index in [1.54, 1.807) is 0 Å². The minimum atomic E-state index is -0.745. The molecule has 0 amide bonds. The van der Waals surface area contributed by atoms with Gasteiger partial charge in [0.1, 0.15) is 0 Å². The third kappa shape index (κ3) is 12.9. The van der Waals surface area contributed by atoms with Crippen molar-refractivity contribution in [3.8, 4) is 0 Å². The van der Waals surface area contributed by atoms with Gasteiger partial charge >= 0.3 is 5.97 Å². The van der Waals surface area contributed by atoms with E-state index in [0.717, 1.165) is 19.3 Å². The molecule has 0 saturated heterocycles. The number of carbonyl (C=O) groups is 1. The van der Waals surface area contributed by atoms with E-state index in [9.17, 15) is 4.79 Å². The van der Waals surface area contributed by atoms with Gasteiger partial charge in [0.2, 0.25) is 0 Å². The van der Waals surface area contributed by atoms with E-state index in [-0.39, 0.29) is 0 Å². The van der Waals surface area contributed by atoms with Gasteiger partial charge < -0.3 is 5.11 Å². The largest absolute Gasteiger partial charge is 0.478 e. The highest BCUT2D eigenvalue weighted by Gasteiger charge is 2.04. The molecule has 0 bridgehead atoms. The molecule has 0 atom stereocenters. The second kappa shape index (κ2) is 14.9. The van der Waals surface area contributed by atoms with E-state index in [1.165, 1.54) is 25.7 Å². The Kier molecular flexibility index (Phi) is 16.1. The molecule has 0 unspecified atom stereocenters. The van der Waals surface area contributed by atoms with Gasteiger partial charge in [-0.05, 0) is 19.3 Å². The highest BCUT2D eigenvalue weighted by molar-refractivity contribution is 5.86. The number of carboxylic acids is 1. The fraction of sp³-hybridized carbons (Fsp3) is 0.667.